The molecule has 3 atom stereocenters. The lowest BCUT2D eigenvalue weighted by Gasteiger charge is -2.45. The first-order valence-electron chi connectivity index (χ1n) is 10.5. The molecule has 1 saturated carbocycles. The fraction of sp³-hybridized carbons (Fsp3) is 0.708. The van der Waals surface area contributed by atoms with Gasteiger partial charge in [-0.25, -0.2) is 0 Å². The zero-order chi connectivity index (χ0) is 21.1. The first-order chi connectivity index (χ1) is 12.8. The van der Waals surface area contributed by atoms with Crippen molar-refractivity contribution < 1.29 is 19.7 Å². The van der Waals surface area contributed by atoms with Crippen LogP contribution in [0.15, 0.2) is 12.1 Å². The molecule has 1 fully saturated rings. The third kappa shape index (κ3) is 3.29. The quantitative estimate of drug-likeness (QED) is 0.743. The predicted molar refractivity (Wildman–Crippen MR) is 111 cm³/mol. The second-order valence-electron chi connectivity index (χ2n) is 10.8. The maximum atomic E-state index is 12.1. The predicted octanol–water partition coefficient (Wildman–Crippen LogP) is 5.21. The van der Waals surface area contributed by atoms with Crippen molar-refractivity contribution in [2.24, 2.45) is 5.41 Å². The van der Waals surface area contributed by atoms with Crippen LogP contribution >= 0.6 is 0 Å². The molecule has 0 unspecified atom stereocenters. The van der Waals surface area contributed by atoms with Gasteiger partial charge in [0, 0.05) is 0 Å². The van der Waals surface area contributed by atoms with E-state index < -0.39 is 23.1 Å². The third-order valence-corrected chi connectivity index (χ3v) is 7.10. The number of rotatable bonds is 4. The Hall–Kier alpha value is -1.39. The lowest BCUT2D eigenvalue weighted by molar-refractivity contribution is -0.139. The van der Waals surface area contributed by atoms with E-state index in [9.17, 15) is 15.0 Å². The van der Waals surface area contributed by atoms with E-state index in [0.29, 0.717) is 0 Å². The molecule has 1 heterocycles. The number of carboxylic acids is 1. The van der Waals surface area contributed by atoms with Gasteiger partial charge in [0.15, 0.2) is 0 Å². The Balaban J connectivity index is 2.30. The summed E-state index contributed by atoms with van der Waals surface area (Å²) in [6.45, 7) is 14.4. The molecule has 156 valence electrons. The van der Waals surface area contributed by atoms with Crippen molar-refractivity contribution >= 4 is 5.97 Å². The summed E-state index contributed by atoms with van der Waals surface area (Å²) in [6.07, 6.45) is 4.45. The lowest BCUT2D eigenvalue weighted by atomic mass is 9.59. The third-order valence-electron chi connectivity index (χ3n) is 7.10. The molecule has 0 aromatic heterocycles. The van der Waals surface area contributed by atoms with E-state index >= 15 is 0 Å². The molecule has 0 saturated heterocycles. The second-order valence-corrected chi connectivity index (χ2v) is 10.8. The van der Waals surface area contributed by atoms with Crippen LogP contribution in [0.3, 0.4) is 0 Å². The number of aliphatic hydroxyl groups excluding tert-OH is 1. The molecular formula is C24H36O4. The molecule has 0 spiro atoms. The number of aliphatic carboxylic acids is 1. The van der Waals surface area contributed by atoms with Gasteiger partial charge in [0.2, 0.25) is 0 Å². The average Bonchev–Trinajstić information content (AvgIpc) is 2.79. The van der Waals surface area contributed by atoms with Gasteiger partial charge in [-0.1, -0.05) is 39.3 Å². The largest absolute Gasteiger partial charge is 0.481 e. The fourth-order valence-corrected chi connectivity index (χ4v) is 6.02. The summed E-state index contributed by atoms with van der Waals surface area (Å²) in [5.41, 5.74) is 2.64. The van der Waals surface area contributed by atoms with E-state index in [0.717, 1.165) is 41.5 Å². The molecule has 0 amide bonds. The number of ether oxygens (including phenoxy) is 1. The van der Waals surface area contributed by atoms with Gasteiger partial charge < -0.3 is 14.9 Å². The molecule has 2 aliphatic rings. The van der Waals surface area contributed by atoms with Crippen molar-refractivity contribution in [3.8, 4) is 0 Å². The number of fused-ring (bicyclic) bond motifs is 1. The first-order valence-corrected chi connectivity index (χ1v) is 10.5. The standard InChI is InChI=1S/C24H36O4/c1-15(20(26)27)18-16(23(6)12-8-11-21(2,3)13-23)9-10-17-19(18)22(4,5)28-24(17,7)14-25/h9-10,15,25H,8,11-14H2,1-7H3,(H,26,27)/t15-,23+,24+/m1/s1. The Bertz CT molecular complexity index is 794. The van der Waals surface area contributed by atoms with E-state index in [-0.39, 0.29) is 17.4 Å². The fourth-order valence-electron chi connectivity index (χ4n) is 6.02. The van der Waals surface area contributed by atoms with Crippen LogP contribution in [0, 0.1) is 5.41 Å². The SMILES string of the molecule is C[C@@H](C(=O)O)c1c([C@@]2(C)CCCC(C)(C)C2)ccc2c1C(C)(C)O[C@@]2(C)CO. The molecule has 1 aliphatic heterocycles. The van der Waals surface area contributed by atoms with Gasteiger partial charge in [0.25, 0.3) is 0 Å². The van der Waals surface area contributed by atoms with Crippen LogP contribution in [-0.2, 0) is 26.1 Å². The van der Waals surface area contributed by atoms with E-state index in [1.807, 2.05) is 20.8 Å². The van der Waals surface area contributed by atoms with Crippen molar-refractivity contribution in [1.29, 1.82) is 0 Å². The van der Waals surface area contributed by atoms with Gasteiger partial charge in [-0.2, -0.15) is 0 Å². The van der Waals surface area contributed by atoms with Crippen molar-refractivity contribution in [3.05, 3.63) is 34.4 Å². The first kappa shape index (κ1) is 21.3. The molecule has 2 N–H and O–H groups in total. The summed E-state index contributed by atoms with van der Waals surface area (Å²) in [6, 6.07) is 4.19. The summed E-state index contributed by atoms with van der Waals surface area (Å²) in [5, 5.41) is 20.0. The van der Waals surface area contributed by atoms with Crippen LogP contribution in [-0.4, -0.2) is 22.8 Å². The van der Waals surface area contributed by atoms with E-state index in [1.165, 1.54) is 6.42 Å². The highest BCUT2D eigenvalue weighted by molar-refractivity contribution is 5.78. The summed E-state index contributed by atoms with van der Waals surface area (Å²) < 4.78 is 6.30. The lowest BCUT2D eigenvalue weighted by Crippen LogP contribution is -2.36. The summed E-state index contributed by atoms with van der Waals surface area (Å²) in [5.74, 6) is -1.45. The van der Waals surface area contributed by atoms with Crippen LogP contribution in [0.4, 0.5) is 0 Å². The minimum Gasteiger partial charge on any atom is -0.481 e. The number of carbonyl (C=O) groups is 1. The molecule has 28 heavy (non-hydrogen) atoms. The van der Waals surface area contributed by atoms with Crippen LogP contribution < -0.4 is 0 Å². The van der Waals surface area contributed by atoms with Crippen LogP contribution in [0.25, 0.3) is 0 Å². The highest BCUT2D eigenvalue weighted by Crippen LogP contribution is 2.55. The Labute approximate surface area is 169 Å². The van der Waals surface area contributed by atoms with Crippen LogP contribution in [0.5, 0.6) is 0 Å². The Morgan fingerprint density at radius 2 is 1.71 bits per heavy atom. The molecule has 0 bridgehead atoms. The van der Waals surface area contributed by atoms with Crippen molar-refractivity contribution in [2.75, 3.05) is 6.61 Å². The zero-order valence-corrected chi connectivity index (χ0v) is 18.5. The van der Waals surface area contributed by atoms with Crippen LogP contribution in [0.1, 0.15) is 102 Å². The topological polar surface area (TPSA) is 66.8 Å². The molecule has 0 radical (unpaired) electrons. The van der Waals surface area contributed by atoms with Gasteiger partial charge in [0.05, 0.1) is 18.1 Å². The van der Waals surface area contributed by atoms with Crippen LogP contribution in [0.2, 0.25) is 0 Å². The Morgan fingerprint density at radius 3 is 2.25 bits per heavy atom. The van der Waals surface area contributed by atoms with Gasteiger partial charge in [-0.3, -0.25) is 4.79 Å². The molecular weight excluding hydrogens is 352 g/mol. The summed E-state index contributed by atoms with van der Waals surface area (Å²) >= 11 is 0. The number of benzene rings is 1. The maximum absolute atomic E-state index is 12.1. The summed E-state index contributed by atoms with van der Waals surface area (Å²) in [4.78, 5) is 12.1. The van der Waals surface area contributed by atoms with Crippen molar-refractivity contribution in [3.63, 3.8) is 0 Å². The van der Waals surface area contributed by atoms with Gasteiger partial charge in [-0.15, -0.1) is 0 Å². The van der Waals surface area contributed by atoms with E-state index in [4.69, 9.17) is 4.74 Å². The Morgan fingerprint density at radius 1 is 1.11 bits per heavy atom. The van der Waals surface area contributed by atoms with Crippen molar-refractivity contribution in [1.82, 2.24) is 0 Å². The molecule has 1 aliphatic carbocycles. The maximum Gasteiger partial charge on any atom is 0.310 e. The zero-order valence-electron chi connectivity index (χ0n) is 18.5. The minimum absolute atomic E-state index is 0.0654. The number of hydrogen-bond acceptors (Lipinski definition) is 3. The van der Waals surface area contributed by atoms with E-state index in [1.54, 1.807) is 6.92 Å². The molecule has 1 aromatic carbocycles. The normalized spacial score (nSPS) is 32.0. The molecule has 4 nitrogen and oxygen atoms in total. The van der Waals surface area contributed by atoms with Crippen molar-refractivity contribution in [2.45, 2.75) is 96.7 Å². The molecule has 4 heteroatoms. The summed E-state index contributed by atoms with van der Waals surface area (Å²) in [7, 11) is 0. The smallest absolute Gasteiger partial charge is 0.310 e. The van der Waals surface area contributed by atoms with E-state index in [2.05, 4.69) is 32.9 Å². The monoisotopic (exact) mass is 388 g/mol. The number of aliphatic hydroxyl groups is 1. The second kappa shape index (κ2) is 6.56. The van der Waals surface area contributed by atoms with Gasteiger partial charge in [-0.05, 0) is 80.0 Å². The highest BCUT2D eigenvalue weighted by Gasteiger charge is 2.50. The Kier molecular flexibility index (Phi) is 5.00. The number of carboxylic acid groups (broad SMARTS) is 1. The molecule has 1 aromatic rings. The van der Waals surface area contributed by atoms with Gasteiger partial charge in [0.1, 0.15) is 5.60 Å². The average molecular weight is 389 g/mol. The molecule has 3 rings (SSSR count). The highest BCUT2D eigenvalue weighted by atomic mass is 16.5. The number of hydrogen-bond donors (Lipinski definition) is 2. The minimum atomic E-state index is -0.818. The van der Waals surface area contributed by atoms with Gasteiger partial charge >= 0.3 is 5.97 Å².